The van der Waals surface area contributed by atoms with Gasteiger partial charge in [0.05, 0.1) is 0 Å². The summed E-state index contributed by atoms with van der Waals surface area (Å²) in [5.41, 5.74) is 5.08. The molecule has 7 heteroatoms. The molecule has 1 aromatic heterocycles. The van der Waals surface area contributed by atoms with Gasteiger partial charge in [-0.25, -0.2) is 4.79 Å². The van der Waals surface area contributed by atoms with Crippen molar-refractivity contribution in [3.63, 3.8) is 0 Å². The van der Waals surface area contributed by atoms with Crippen molar-refractivity contribution in [2.45, 2.75) is 58.9 Å². The number of H-pyrrole nitrogens is 1. The summed E-state index contributed by atoms with van der Waals surface area (Å²) in [6.45, 7) is 14.7. The molecule has 0 radical (unpaired) electrons. The summed E-state index contributed by atoms with van der Waals surface area (Å²) in [4.78, 5) is 34.7. The number of aromatic nitrogens is 1. The molecule has 3 amide bonds. The van der Waals surface area contributed by atoms with Gasteiger partial charge in [0.2, 0.25) is 5.91 Å². The molecule has 1 fully saturated rings. The monoisotopic (exact) mass is 503 g/mol. The normalized spacial score (nSPS) is 15.4. The van der Waals surface area contributed by atoms with Gasteiger partial charge in [0, 0.05) is 55.4 Å². The number of anilines is 1. The SMILES string of the molecule is CCN1CCN(C(=O)C(Cc2c[nH]c3ccccc23)NC(=O)Nc2c(C(C)C)cccc2C(C)C)CC1. The van der Waals surface area contributed by atoms with Crippen molar-refractivity contribution in [3.8, 4) is 0 Å². The number of nitrogens with zero attached hydrogens (tertiary/aromatic N) is 2. The number of piperazine rings is 1. The maximum atomic E-state index is 13.7. The van der Waals surface area contributed by atoms with Crippen LogP contribution in [0.3, 0.4) is 0 Å². The highest BCUT2D eigenvalue weighted by Crippen LogP contribution is 2.32. The quantitative estimate of drug-likeness (QED) is 0.390. The van der Waals surface area contributed by atoms with Gasteiger partial charge >= 0.3 is 6.03 Å². The molecule has 7 nitrogen and oxygen atoms in total. The molecule has 0 saturated carbocycles. The lowest BCUT2D eigenvalue weighted by Gasteiger charge is -2.36. The van der Waals surface area contributed by atoms with Gasteiger partial charge < -0.3 is 25.4 Å². The molecule has 198 valence electrons. The number of hydrogen-bond acceptors (Lipinski definition) is 3. The summed E-state index contributed by atoms with van der Waals surface area (Å²) in [7, 11) is 0. The molecule has 2 heterocycles. The molecule has 1 atom stereocenters. The van der Waals surface area contributed by atoms with Crippen LogP contribution in [0.5, 0.6) is 0 Å². The van der Waals surface area contributed by atoms with Gasteiger partial charge in [0.25, 0.3) is 0 Å². The van der Waals surface area contributed by atoms with E-state index in [1.54, 1.807) is 0 Å². The number of likely N-dealkylation sites (N-methyl/N-ethyl adjacent to an activating group) is 1. The molecule has 3 N–H and O–H groups in total. The Morgan fingerprint density at radius 1 is 0.919 bits per heavy atom. The van der Waals surface area contributed by atoms with Crippen molar-refractivity contribution in [1.29, 1.82) is 0 Å². The Kier molecular flexibility index (Phi) is 8.54. The lowest BCUT2D eigenvalue weighted by Crippen LogP contribution is -2.56. The molecule has 1 saturated heterocycles. The van der Waals surface area contributed by atoms with Crippen molar-refractivity contribution >= 4 is 28.5 Å². The largest absolute Gasteiger partial charge is 0.361 e. The second kappa shape index (κ2) is 11.8. The third kappa shape index (κ3) is 6.16. The van der Waals surface area contributed by atoms with Crippen LogP contribution in [-0.4, -0.2) is 65.5 Å². The van der Waals surface area contributed by atoms with E-state index in [1.165, 1.54) is 0 Å². The molecule has 3 aromatic rings. The van der Waals surface area contributed by atoms with Gasteiger partial charge in [-0.1, -0.05) is 71.0 Å². The second-order valence-electron chi connectivity index (χ2n) is 10.6. The van der Waals surface area contributed by atoms with E-state index in [2.05, 4.69) is 73.3 Å². The van der Waals surface area contributed by atoms with Crippen molar-refractivity contribution in [2.24, 2.45) is 0 Å². The maximum absolute atomic E-state index is 13.7. The van der Waals surface area contributed by atoms with E-state index < -0.39 is 6.04 Å². The average molecular weight is 504 g/mol. The first kappa shape index (κ1) is 26.7. The van der Waals surface area contributed by atoms with Crippen molar-refractivity contribution in [3.05, 3.63) is 65.4 Å². The van der Waals surface area contributed by atoms with Crippen molar-refractivity contribution < 1.29 is 9.59 Å². The highest BCUT2D eigenvalue weighted by atomic mass is 16.2. The molecular weight excluding hydrogens is 462 g/mol. The molecule has 0 bridgehead atoms. The third-order valence-corrected chi connectivity index (χ3v) is 7.45. The zero-order valence-electron chi connectivity index (χ0n) is 22.8. The van der Waals surface area contributed by atoms with E-state index in [0.29, 0.717) is 19.5 Å². The summed E-state index contributed by atoms with van der Waals surface area (Å²) in [5, 5.41) is 7.26. The lowest BCUT2D eigenvalue weighted by molar-refractivity contribution is -0.134. The minimum atomic E-state index is -0.666. The standard InChI is InChI=1S/C30H41N5O2/c1-6-34-14-16-35(17-15-34)29(36)27(18-22-19-31-26-13-8-7-10-25(22)26)32-30(37)33-28-23(20(2)3)11-9-12-24(28)21(4)5/h7-13,19-21,27,31H,6,14-18H2,1-5H3,(H2,32,33,37). The average Bonchev–Trinajstić information content (AvgIpc) is 3.30. The summed E-state index contributed by atoms with van der Waals surface area (Å²) in [6.07, 6.45) is 2.37. The van der Waals surface area contributed by atoms with E-state index in [4.69, 9.17) is 0 Å². The van der Waals surface area contributed by atoms with E-state index in [1.807, 2.05) is 35.4 Å². The first-order chi connectivity index (χ1) is 17.8. The van der Waals surface area contributed by atoms with Gasteiger partial charge in [-0.15, -0.1) is 0 Å². The summed E-state index contributed by atoms with van der Waals surface area (Å²) in [5.74, 6) is 0.484. The Morgan fingerprint density at radius 3 is 2.19 bits per heavy atom. The topological polar surface area (TPSA) is 80.5 Å². The van der Waals surface area contributed by atoms with Gasteiger partial charge in [-0.3, -0.25) is 4.79 Å². The Hall–Kier alpha value is -3.32. The molecule has 4 rings (SSSR count). The number of para-hydroxylation sites is 2. The number of aromatic amines is 1. The minimum absolute atomic E-state index is 0.0302. The summed E-state index contributed by atoms with van der Waals surface area (Å²) in [6, 6.07) is 13.2. The molecule has 1 aliphatic rings. The van der Waals surface area contributed by atoms with Crippen LogP contribution in [0, 0.1) is 0 Å². The fourth-order valence-corrected chi connectivity index (χ4v) is 5.23. The van der Waals surface area contributed by atoms with Gasteiger partial charge in [0.1, 0.15) is 6.04 Å². The zero-order chi connectivity index (χ0) is 26.5. The highest BCUT2D eigenvalue weighted by Gasteiger charge is 2.30. The zero-order valence-corrected chi connectivity index (χ0v) is 22.8. The maximum Gasteiger partial charge on any atom is 0.319 e. The van der Waals surface area contributed by atoms with Gasteiger partial charge in [-0.2, -0.15) is 0 Å². The molecule has 2 aromatic carbocycles. The Bertz CT molecular complexity index is 1200. The first-order valence-corrected chi connectivity index (χ1v) is 13.5. The number of hydrogen-bond donors (Lipinski definition) is 3. The van der Waals surface area contributed by atoms with Crippen LogP contribution < -0.4 is 10.6 Å². The summed E-state index contributed by atoms with van der Waals surface area (Å²) < 4.78 is 0. The minimum Gasteiger partial charge on any atom is -0.361 e. The molecule has 0 aliphatic carbocycles. The predicted molar refractivity (Wildman–Crippen MR) is 151 cm³/mol. The van der Waals surface area contributed by atoms with Crippen LogP contribution in [0.1, 0.15) is 63.1 Å². The number of carbonyl (C=O) groups excluding carboxylic acids is 2. The van der Waals surface area contributed by atoms with Crippen molar-refractivity contribution in [1.82, 2.24) is 20.1 Å². The number of fused-ring (bicyclic) bond motifs is 1. The smallest absolute Gasteiger partial charge is 0.319 e. The number of urea groups is 1. The summed E-state index contributed by atoms with van der Waals surface area (Å²) >= 11 is 0. The van der Waals surface area contributed by atoms with E-state index in [0.717, 1.165) is 52.9 Å². The van der Waals surface area contributed by atoms with Crippen LogP contribution in [0.2, 0.25) is 0 Å². The molecule has 37 heavy (non-hydrogen) atoms. The van der Waals surface area contributed by atoms with E-state index in [-0.39, 0.29) is 23.8 Å². The number of carbonyl (C=O) groups is 2. The van der Waals surface area contributed by atoms with Crippen LogP contribution in [0.15, 0.2) is 48.7 Å². The van der Waals surface area contributed by atoms with Gasteiger partial charge in [0.15, 0.2) is 0 Å². The van der Waals surface area contributed by atoms with Crippen LogP contribution in [-0.2, 0) is 11.2 Å². The van der Waals surface area contributed by atoms with Crippen LogP contribution in [0.4, 0.5) is 10.5 Å². The molecule has 1 unspecified atom stereocenters. The Morgan fingerprint density at radius 2 is 1.57 bits per heavy atom. The fraction of sp³-hybridized carbons (Fsp3) is 0.467. The number of amides is 3. The highest BCUT2D eigenvalue weighted by molar-refractivity contribution is 5.95. The number of benzene rings is 2. The molecule has 0 spiro atoms. The fourth-order valence-electron chi connectivity index (χ4n) is 5.23. The van der Waals surface area contributed by atoms with E-state index in [9.17, 15) is 9.59 Å². The number of nitrogens with one attached hydrogen (secondary N) is 3. The third-order valence-electron chi connectivity index (χ3n) is 7.45. The Balaban J connectivity index is 1.58. The molecular formula is C30H41N5O2. The van der Waals surface area contributed by atoms with E-state index >= 15 is 0 Å². The van der Waals surface area contributed by atoms with Crippen molar-refractivity contribution in [2.75, 3.05) is 38.0 Å². The number of rotatable bonds is 8. The van der Waals surface area contributed by atoms with Crippen LogP contribution >= 0.6 is 0 Å². The lowest BCUT2D eigenvalue weighted by atomic mass is 9.93. The first-order valence-electron chi connectivity index (χ1n) is 13.5. The van der Waals surface area contributed by atoms with Crippen LogP contribution in [0.25, 0.3) is 10.9 Å². The second-order valence-corrected chi connectivity index (χ2v) is 10.6. The van der Waals surface area contributed by atoms with Gasteiger partial charge in [-0.05, 0) is 41.1 Å². The predicted octanol–water partition coefficient (Wildman–Crippen LogP) is 5.31. The molecule has 1 aliphatic heterocycles. The Labute approximate surface area is 220 Å².